The third-order valence-corrected chi connectivity index (χ3v) is 6.52. The van der Waals surface area contributed by atoms with E-state index >= 15 is 0 Å². The molecule has 0 radical (unpaired) electrons. The number of fused-ring (bicyclic) bond motifs is 1. The molecule has 0 fully saturated rings. The number of nitrogens with one attached hydrogen (secondary N) is 2. The summed E-state index contributed by atoms with van der Waals surface area (Å²) in [7, 11) is -2.16. The molecule has 0 bridgehead atoms. The molecule has 0 saturated carbocycles. The SMILES string of the molecule is COc1ccc2[nH]c(=O)c(CNS(=O)(=O)c3ccc(Cl)s3)cc2c1. The molecule has 0 aliphatic heterocycles. The van der Waals surface area contributed by atoms with E-state index in [1.807, 2.05) is 0 Å². The minimum Gasteiger partial charge on any atom is -0.497 e. The van der Waals surface area contributed by atoms with E-state index in [0.29, 0.717) is 21.2 Å². The van der Waals surface area contributed by atoms with Crippen molar-refractivity contribution in [3.05, 3.63) is 56.7 Å². The predicted octanol–water partition coefficient (Wildman–Crippen LogP) is 2.73. The van der Waals surface area contributed by atoms with Crippen LogP contribution in [-0.4, -0.2) is 20.5 Å². The minimum absolute atomic E-state index is 0.103. The van der Waals surface area contributed by atoms with Gasteiger partial charge in [-0.25, -0.2) is 13.1 Å². The van der Waals surface area contributed by atoms with Gasteiger partial charge in [0.05, 0.1) is 11.4 Å². The van der Waals surface area contributed by atoms with E-state index in [9.17, 15) is 13.2 Å². The molecule has 0 saturated heterocycles. The third-order valence-electron chi connectivity index (χ3n) is 3.39. The molecule has 2 N–H and O–H groups in total. The Morgan fingerprint density at radius 2 is 2.04 bits per heavy atom. The molecule has 6 nitrogen and oxygen atoms in total. The largest absolute Gasteiger partial charge is 0.497 e. The van der Waals surface area contributed by atoms with Crippen molar-refractivity contribution in [2.75, 3.05) is 7.11 Å². The number of aromatic amines is 1. The van der Waals surface area contributed by atoms with Gasteiger partial charge in [0.15, 0.2) is 0 Å². The quantitative estimate of drug-likeness (QED) is 0.707. The van der Waals surface area contributed by atoms with Gasteiger partial charge in [-0.2, -0.15) is 0 Å². The van der Waals surface area contributed by atoms with Crippen molar-refractivity contribution in [3.63, 3.8) is 0 Å². The summed E-state index contributed by atoms with van der Waals surface area (Å²) in [4.78, 5) is 14.8. The molecule has 0 amide bonds. The predicted molar refractivity (Wildman–Crippen MR) is 94.5 cm³/mol. The number of halogens is 1. The maximum absolute atomic E-state index is 12.2. The Kier molecular flexibility index (Phi) is 4.64. The Bertz CT molecular complexity index is 1060. The van der Waals surface area contributed by atoms with E-state index in [0.717, 1.165) is 16.7 Å². The summed E-state index contributed by atoms with van der Waals surface area (Å²) >= 11 is 6.72. The van der Waals surface area contributed by atoms with Crippen molar-refractivity contribution in [3.8, 4) is 5.75 Å². The average molecular weight is 385 g/mol. The number of ether oxygens (including phenoxy) is 1. The molecule has 0 aliphatic carbocycles. The number of methoxy groups -OCH3 is 1. The third kappa shape index (κ3) is 3.46. The first-order chi connectivity index (χ1) is 11.4. The zero-order chi connectivity index (χ0) is 17.3. The Labute approximate surface area is 147 Å². The first-order valence-corrected chi connectivity index (χ1v) is 9.52. The Morgan fingerprint density at radius 3 is 2.71 bits per heavy atom. The van der Waals surface area contributed by atoms with E-state index in [4.69, 9.17) is 16.3 Å². The van der Waals surface area contributed by atoms with Crippen LogP contribution in [0.25, 0.3) is 10.9 Å². The summed E-state index contributed by atoms with van der Waals surface area (Å²) in [5, 5.41) is 0.752. The molecular formula is C15H13ClN2O4S2. The van der Waals surface area contributed by atoms with Gasteiger partial charge in [0.25, 0.3) is 5.56 Å². The van der Waals surface area contributed by atoms with Crippen LogP contribution < -0.4 is 15.0 Å². The lowest BCUT2D eigenvalue weighted by Gasteiger charge is -2.07. The minimum atomic E-state index is -3.71. The summed E-state index contributed by atoms with van der Waals surface area (Å²) in [6.45, 7) is -0.125. The van der Waals surface area contributed by atoms with Crippen molar-refractivity contribution in [2.24, 2.45) is 0 Å². The van der Waals surface area contributed by atoms with Crippen LogP contribution in [0.4, 0.5) is 0 Å². The average Bonchev–Trinajstić information content (AvgIpc) is 3.00. The number of pyridine rings is 1. The standard InChI is InChI=1S/C15H13ClN2O4S2/c1-22-11-2-3-12-9(7-11)6-10(15(19)18-12)8-17-24(20,21)14-5-4-13(16)23-14/h2-7,17H,8H2,1H3,(H,18,19). The van der Waals surface area contributed by atoms with Gasteiger partial charge in [0, 0.05) is 23.0 Å². The lowest BCUT2D eigenvalue weighted by atomic mass is 10.1. The Balaban J connectivity index is 1.89. The van der Waals surface area contributed by atoms with Crippen LogP contribution >= 0.6 is 22.9 Å². The molecule has 1 aromatic carbocycles. The van der Waals surface area contributed by atoms with Gasteiger partial charge in [-0.05, 0) is 36.4 Å². The second-order valence-electron chi connectivity index (χ2n) is 4.96. The molecule has 0 unspecified atom stereocenters. The van der Waals surface area contributed by atoms with Crippen LogP contribution in [0.3, 0.4) is 0 Å². The fourth-order valence-electron chi connectivity index (χ4n) is 2.17. The zero-order valence-electron chi connectivity index (χ0n) is 12.5. The number of benzene rings is 1. The normalized spacial score (nSPS) is 11.8. The first kappa shape index (κ1) is 17.0. The molecular weight excluding hydrogens is 372 g/mol. The molecule has 24 heavy (non-hydrogen) atoms. The van der Waals surface area contributed by atoms with Crippen LogP contribution in [-0.2, 0) is 16.6 Å². The molecule has 0 aliphatic rings. The van der Waals surface area contributed by atoms with Gasteiger partial charge < -0.3 is 9.72 Å². The smallest absolute Gasteiger partial charge is 0.252 e. The maximum Gasteiger partial charge on any atom is 0.252 e. The van der Waals surface area contributed by atoms with Crippen LogP contribution in [0, 0.1) is 0 Å². The number of H-pyrrole nitrogens is 1. The maximum atomic E-state index is 12.2. The highest BCUT2D eigenvalue weighted by Crippen LogP contribution is 2.25. The number of hydrogen-bond acceptors (Lipinski definition) is 5. The van der Waals surface area contributed by atoms with E-state index in [-0.39, 0.29) is 16.3 Å². The highest BCUT2D eigenvalue weighted by molar-refractivity contribution is 7.91. The highest BCUT2D eigenvalue weighted by Gasteiger charge is 2.17. The fraction of sp³-hybridized carbons (Fsp3) is 0.133. The van der Waals surface area contributed by atoms with Crippen molar-refractivity contribution in [1.29, 1.82) is 0 Å². The van der Waals surface area contributed by atoms with Crippen LogP contribution in [0.1, 0.15) is 5.56 Å². The topological polar surface area (TPSA) is 88.3 Å². The number of thiophene rings is 1. The summed E-state index contributed by atoms with van der Waals surface area (Å²) in [5.74, 6) is 0.648. The summed E-state index contributed by atoms with van der Waals surface area (Å²) in [5.41, 5.74) is 0.610. The summed E-state index contributed by atoms with van der Waals surface area (Å²) in [6, 6.07) is 9.81. The second-order valence-corrected chi connectivity index (χ2v) is 8.67. The molecule has 3 rings (SSSR count). The number of aromatic nitrogens is 1. The van der Waals surface area contributed by atoms with Gasteiger partial charge in [-0.15, -0.1) is 11.3 Å². The van der Waals surface area contributed by atoms with E-state index in [1.54, 1.807) is 31.4 Å². The van der Waals surface area contributed by atoms with Gasteiger partial charge in [0.2, 0.25) is 10.0 Å². The molecule has 9 heteroatoms. The summed E-state index contributed by atoms with van der Waals surface area (Å²) in [6.07, 6.45) is 0. The van der Waals surface area contributed by atoms with E-state index in [1.165, 1.54) is 12.1 Å². The summed E-state index contributed by atoms with van der Waals surface area (Å²) < 4.78 is 32.5. The molecule has 0 spiro atoms. The highest BCUT2D eigenvalue weighted by atomic mass is 35.5. The molecule has 3 aromatic rings. The van der Waals surface area contributed by atoms with Crippen LogP contribution in [0.2, 0.25) is 4.34 Å². The number of hydrogen-bond donors (Lipinski definition) is 2. The first-order valence-electron chi connectivity index (χ1n) is 6.84. The van der Waals surface area contributed by atoms with Crippen molar-refractivity contribution in [1.82, 2.24) is 9.71 Å². The Hall–Kier alpha value is -1.87. The van der Waals surface area contributed by atoms with Gasteiger partial charge in [0.1, 0.15) is 9.96 Å². The van der Waals surface area contributed by atoms with Crippen LogP contribution in [0.5, 0.6) is 5.75 Å². The van der Waals surface area contributed by atoms with Gasteiger partial charge in [-0.3, -0.25) is 4.79 Å². The molecule has 0 atom stereocenters. The van der Waals surface area contributed by atoms with Crippen LogP contribution in [0.15, 0.2) is 45.4 Å². The van der Waals surface area contributed by atoms with Gasteiger partial charge >= 0.3 is 0 Å². The van der Waals surface area contributed by atoms with Crippen molar-refractivity contribution >= 4 is 43.9 Å². The molecule has 126 valence electrons. The lowest BCUT2D eigenvalue weighted by molar-refractivity contribution is 0.415. The molecule has 2 aromatic heterocycles. The van der Waals surface area contributed by atoms with Crippen molar-refractivity contribution in [2.45, 2.75) is 10.8 Å². The number of rotatable bonds is 5. The second kappa shape index (κ2) is 6.56. The fourth-order valence-corrected chi connectivity index (χ4v) is 4.71. The number of sulfonamides is 1. The van der Waals surface area contributed by atoms with E-state index in [2.05, 4.69) is 9.71 Å². The van der Waals surface area contributed by atoms with Crippen molar-refractivity contribution < 1.29 is 13.2 Å². The zero-order valence-corrected chi connectivity index (χ0v) is 14.9. The lowest BCUT2D eigenvalue weighted by Crippen LogP contribution is -2.26. The van der Waals surface area contributed by atoms with E-state index < -0.39 is 10.0 Å². The Morgan fingerprint density at radius 1 is 1.25 bits per heavy atom. The van der Waals surface area contributed by atoms with Gasteiger partial charge in [-0.1, -0.05) is 11.6 Å². The molecule has 2 heterocycles. The monoisotopic (exact) mass is 384 g/mol.